The maximum Gasteiger partial charge on any atom is 0.255 e. The van der Waals surface area contributed by atoms with Crippen molar-refractivity contribution in [2.24, 2.45) is 4.99 Å². The summed E-state index contributed by atoms with van der Waals surface area (Å²) in [5, 5.41) is 0.621. The lowest BCUT2D eigenvalue weighted by Gasteiger charge is -2.32. The fraction of sp³-hybridized carbons (Fsp3) is 0.273. The molecule has 0 aliphatic carbocycles. The zero-order valence-electron chi connectivity index (χ0n) is 15.4. The summed E-state index contributed by atoms with van der Waals surface area (Å²) >= 11 is 6.30. The molecule has 3 nitrogen and oxygen atoms in total. The summed E-state index contributed by atoms with van der Waals surface area (Å²) in [6.45, 7) is 9.74. The molecule has 0 saturated heterocycles. The number of hydrogen-bond acceptors (Lipinski definition) is 2. The SMILES string of the molecule is C=CC[C@@]1(C)N=C(c2ccccc2)c2cc(Cl)ccc2N(C(C)C)C1=O. The molecule has 0 spiro atoms. The third-order valence-electron chi connectivity index (χ3n) is 4.62. The Labute approximate surface area is 160 Å². The van der Waals surface area contributed by atoms with Crippen LogP contribution in [-0.2, 0) is 4.79 Å². The molecule has 0 saturated carbocycles. The molecule has 0 bridgehead atoms. The van der Waals surface area contributed by atoms with Crippen molar-refractivity contribution in [3.05, 3.63) is 77.3 Å². The van der Waals surface area contributed by atoms with E-state index in [2.05, 4.69) is 6.58 Å². The number of rotatable bonds is 4. The van der Waals surface area contributed by atoms with E-state index >= 15 is 0 Å². The molecule has 26 heavy (non-hydrogen) atoms. The number of aliphatic imine (C=N–C) groups is 1. The average Bonchev–Trinajstić information content (AvgIpc) is 2.70. The Morgan fingerprint density at radius 3 is 2.54 bits per heavy atom. The van der Waals surface area contributed by atoms with E-state index in [9.17, 15) is 4.79 Å². The largest absolute Gasteiger partial charge is 0.307 e. The summed E-state index contributed by atoms with van der Waals surface area (Å²) in [4.78, 5) is 20.2. The van der Waals surface area contributed by atoms with Gasteiger partial charge < -0.3 is 4.90 Å². The van der Waals surface area contributed by atoms with Crippen molar-refractivity contribution in [2.45, 2.75) is 38.8 Å². The molecule has 4 heteroatoms. The Bertz CT molecular complexity index is 873. The van der Waals surface area contributed by atoms with Gasteiger partial charge in [-0.15, -0.1) is 6.58 Å². The van der Waals surface area contributed by atoms with Crippen LogP contribution in [0.4, 0.5) is 5.69 Å². The average molecular weight is 367 g/mol. The van der Waals surface area contributed by atoms with Gasteiger partial charge in [-0.1, -0.05) is 48.0 Å². The summed E-state index contributed by atoms with van der Waals surface area (Å²) in [6, 6.07) is 15.5. The summed E-state index contributed by atoms with van der Waals surface area (Å²) in [5.74, 6) is -0.0260. The van der Waals surface area contributed by atoms with Crippen LogP contribution in [0, 0.1) is 0 Å². The fourth-order valence-corrected chi connectivity index (χ4v) is 3.55. The zero-order chi connectivity index (χ0) is 18.9. The molecule has 0 fully saturated rings. The molecule has 0 unspecified atom stereocenters. The molecule has 1 amide bonds. The molecule has 2 aromatic carbocycles. The number of benzene rings is 2. The number of carbonyl (C=O) groups excluding carboxylic acids is 1. The standard InChI is InChI=1S/C22H23ClN2O/c1-5-13-22(4)21(26)25(15(2)3)19-12-11-17(23)14-18(19)20(24-22)16-9-7-6-8-10-16/h5-12,14-15H,1,13H2,2-4H3/t22-/m1/s1. The van der Waals surface area contributed by atoms with Crippen LogP contribution in [0.25, 0.3) is 0 Å². The first-order valence-electron chi connectivity index (χ1n) is 8.77. The predicted octanol–water partition coefficient (Wildman–Crippen LogP) is 5.27. The van der Waals surface area contributed by atoms with Crippen molar-refractivity contribution < 1.29 is 4.79 Å². The molecule has 1 atom stereocenters. The highest BCUT2D eigenvalue weighted by molar-refractivity contribution is 6.32. The topological polar surface area (TPSA) is 32.7 Å². The van der Waals surface area contributed by atoms with Gasteiger partial charge in [-0.05, 0) is 45.4 Å². The quantitative estimate of drug-likeness (QED) is 0.678. The lowest BCUT2D eigenvalue weighted by Crippen LogP contribution is -2.48. The number of halogens is 1. The Kier molecular flexibility index (Phi) is 5.01. The van der Waals surface area contributed by atoms with E-state index in [1.165, 1.54) is 0 Å². The molecule has 1 aliphatic heterocycles. The molecule has 0 aromatic heterocycles. The first kappa shape index (κ1) is 18.4. The third-order valence-corrected chi connectivity index (χ3v) is 4.85. The van der Waals surface area contributed by atoms with E-state index in [1.807, 2.05) is 74.2 Å². The highest BCUT2D eigenvalue weighted by Crippen LogP contribution is 2.36. The van der Waals surface area contributed by atoms with Crippen molar-refractivity contribution in [3.8, 4) is 0 Å². The number of benzodiazepines with no additional fused rings is 1. The number of fused-ring (bicyclic) bond motifs is 1. The van der Waals surface area contributed by atoms with Crippen molar-refractivity contribution >= 4 is 28.9 Å². The normalized spacial score (nSPS) is 19.8. The van der Waals surface area contributed by atoms with Gasteiger partial charge in [0.15, 0.2) is 0 Å². The summed E-state index contributed by atoms with van der Waals surface area (Å²) in [5.41, 5.74) is 2.54. The summed E-state index contributed by atoms with van der Waals surface area (Å²) in [6.07, 6.45) is 2.22. The monoisotopic (exact) mass is 366 g/mol. The van der Waals surface area contributed by atoms with Crippen molar-refractivity contribution in [1.29, 1.82) is 0 Å². The van der Waals surface area contributed by atoms with Crippen molar-refractivity contribution in [2.75, 3.05) is 4.90 Å². The second-order valence-corrected chi connectivity index (χ2v) is 7.46. The first-order valence-corrected chi connectivity index (χ1v) is 9.15. The zero-order valence-corrected chi connectivity index (χ0v) is 16.1. The van der Waals surface area contributed by atoms with Gasteiger partial charge in [0.1, 0.15) is 5.54 Å². The molecular formula is C22H23ClN2O. The minimum Gasteiger partial charge on any atom is -0.307 e. The van der Waals surface area contributed by atoms with E-state index in [4.69, 9.17) is 16.6 Å². The maximum atomic E-state index is 13.5. The second kappa shape index (κ2) is 7.08. The fourth-order valence-electron chi connectivity index (χ4n) is 3.37. The molecular weight excluding hydrogens is 344 g/mol. The van der Waals surface area contributed by atoms with Crippen LogP contribution in [-0.4, -0.2) is 23.2 Å². The lowest BCUT2D eigenvalue weighted by atomic mass is 9.95. The van der Waals surface area contributed by atoms with Gasteiger partial charge >= 0.3 is 0 Å². The Hall–Kier alpha value is -2.39. The van der Waals surface area contributed by atoms with Gasteiger partial charge in [-0.3, -0.25) is 9.79 Å². The lowest BCUT2D eigenvalue weighted by molar-refractivity contribution is -0.123. The van der Waals surface area contributed by atoms with E-state index < -0.39 is 5.54 Å². The Morgan fingerprint density at radius 1 is 1.23 bits per heavy atom. The Balaban J connectivity index is 2.35. The highest BCUT2D eigenvalue weighted by Gasteiger charge is 2.41. The van der Waals surface area contributed by atoms with Gasteiger partial charge in [0.05, 0.1) is 11.4 Å². The van der Waals surface area contributed by atoms with Crippen LogP contribution in [0.5, 0.6) is 0 Å². The van der Waals surface area contributed by atoms with Gasteiger partial charge in [-0.25, -0.2) is 0 Å². The maximum absolute atomic E-state index is 13.5. The number of amides is 1. The number of carbonyl (C=O) groups is 1. The van der Waals surface area contributed by atoms with Gasteiger partial charge in [0.25, 0.3) is 5.91 Å². The number of anilines is 1. The highest BCUT2D eigenvalue weighted by atomic mass is 35.5. The van der Waals surface area contributed by atoms with Crippen LogP contribution in [0.1, 0.15) is 38.3 Å². The Morgan fingerprint density at radius 2 is 1.92 bits per heavy atom. The minimum atomic E-state index is -0.914. The van der Waals surface area contributed by atoms with E-state index in [0.29, 0.717) is 11.4 Å². The number of nitrogens with zero attached hydrogens (tertiary/aromatic N) is 2. The van der Waals surface area contributed by atoms with Crippen LogP contribution in [0.3, 0.4) is 0 Å². The smallest absolute Gasteiger partial charge is 0.255 e. The first-order chi connectivity index (χ1) is 12.4. The summed E-state index contributed by atoms with van der Waals surface area (Å²) in [7, 11) is 0. The van der Waals surface area contributed by atoms with Crippen LogP contribution in [0.2, 0.25) is 5.02 Å². The third kappa shape index (κ3) is 3.19. The van der Waals surface area contributed by atoms with Crippen molar-refractivity contribution in [1.82, 2.24) is 0 Å². The molecule has 0 N–H and O–H groups in total. The molecule has 1 aliphatic rings. The van der Waals surface area contributed by atoms with Gasteiger partial charge in [0.2, 0.25) is 0 Å². The number of hydrogen-bond donors (Lipinski definition) is 0. The molecule has 3 rings (SSSR count). The predicted molar refractivity (Wildman–Crippen MR) is 109 cm³/mol. The van der Waals surface area contributed by atoms with Gasteiger partial charge in [-0.2, -0.15) is 0 Å². The minimum absolute atomic E-state index is 0.00288. The van der Waals surface area contributed by atoms with E-state index in [-0.39, 0.29) is 11.9 Å². The summed E-state index contributed by atoms with van der Waals surface area (Å²) < 4.78 is 0. The van der Waals surface area contributed by atoms with Crippen LogP contribution in [0.15, 0.2) is 66.2 Å². The molecule has 1 heterocycles. The van der Waals surface area contributed by atoms with Crippen molar-refractivity contribution in [3.63, 3.8) is 0 Å². The van der Waals surface area contributed by atoms with E-state index in [1.54, 1.807) is 6.08 Å². The molecule has 0 radical (unpaired) electrons. The van der Waals surface area contributed by atoms with Gasteiger partial charge in [0, 0.05) is 22.2 Å². The van der Waals surface area contributed by atoms with E-state index in [0.717, 1.165) is 22.5 Å². The molecule has 2 aromatic rings. The van der Waals surface area contributed by atoms with Crippen LogP contribution >= 0.6 is 11.6 Å². The molecule has 134 valence electrons. The van der Waals surface area contributed by atoms with Crippen LogP contribution < -0.4 is 4.90 Å². The second-order valence-electron chi connectivity index (χ2n) is 7.02.